The minimum Gasteiger partial charge on any atom is -0.490 e. The molecule has 0 spiro atoms. The molecule has 120 valence electrons. The maximum atomic E-state index is 12.3. The van der Waals surface area contributed by atoms with Crippen LogP contribution in [-0.4, -0.2) is 22.1 Å². The zero-order valence-corrected chi connectivity index (χ0v) is 12.9. The van der Waals surface area contributed by atoms with Gasteiger partial charge in [-0.05, 0) is 56.0 Å². The zero-order chi connectivity index (χ0) is 16.1. The number of hydrogen-bond donors (Lipinski definition) is 2. The lowest BCUT2D eigenvalue weighted by Crippen LogP contribution is -2.14. The molecule has 0 aliphatic heterocycles. The Hall–Kier alpha value is -2.40. The van der Waals surface area contributed by atoms with Crippen LogP contribution in [0.3, 0.4) is 0 Å². The van der Waals surface area contributed by atoms with Gasteiger partial charge >= 0.3 is 0 Å². The van der Waals surface area contributed by atoms with Gasteiger partial charge < -0.3 is 15.2 Å². The fourth-order valence-corrected chi connectivity index (χ4v) is 2.75. The number of amides is 1. The predicted octanol–water partition coefficient (Wildman–Crippen LogP) is 3.15. The number of pyridine rings is 1. The number of carbonyl (C=O) groups is 1. The molecule has 1 saturated carbocycles. The monoisotopic (exact) mass is 312 g/mol. The van der Waals surface area contributed by atoms with Crippen molar-refractivity contribution in [3.05, 3.63) is 53.9 Å². The lowest BCUT2D eigenvalue weighted by Gasteiger charge is -2.13. The molecular formula is C18H20N2O3. The molecule has 23 heavy (non-hydrogen) atoms. The number of aliphatic hydroxyl groups is 1. The third-order valence-electron chi connectivity index (χ3n) is 4.05. The van der Waals surface area contributed by atoms with Crippen molar-refractivity contribution < 1.29 is 14.6 Å². The molecule has 1 aliphatic carbocycles. The Morgan fingerprint density at radius 2 is 1.96 bits per heavy atom. The van der Waals surface area contributed by atoms with E-state index in [4.69, 9.17) is 4.74 Å². The summed E-state index contributed by atoms with van der Waals surface area (Å²) in [5, 5.41) is 12.0. The number of hydrogen-bond acceptors (Lipinski definition) is 4. The van der Waals surface area contributed by atoms with Gasteiger partial charge in [0.05, 0.1) is 24.6 Å². The van der Waals surface area contributed by atoms with E-state index >= 15 is 0 Å². The average Bonchev–Trinajstić information content (AvgIpc) is 3.09. The molecule has 3 rings (SSSR count). The number of nitrogens with one attached hydrogen (secondary N) is 1. The maximum Gasteiger partial charge on any atom is 0.255 e. The first kappa shape index (κ1) is 15.5. The molecule has 5 nitrogen and oxygen atoms in total. The number of carbonyl (C=O) groups excluding carboxylic acids is 1. The summed E-state index contributed by atoms with van der Waals surface area (Å²) in [5.41, 5.74) is 1.69. The van der Waals surface area contributed by atoms with E-state index in [-0.39, 0.29) is 12.5 Å². The average molecular weight is 312 g/mol. The van der Waals surface area contributed by atoms with Crippen LogP contribution in [0, 0.1) is 0 Å². The number of aromatic nitrogens is 1. The molecule has 1 heterocycles. The number of rotatable bonds is 5. The fraction of sp³-hybridized carbons (Fsp3) is 0.333. The van der Waals surface area contributed by atoms with Crippen molar-refractivity contribution in [3.63, 3.8) is 0 Å². The summed E-state index contributed by atoms with van der Waals surface area (Å²) >= 11 is 0. The molecule has 0 saturated heterocycles. The third kappa shape index (κ3) is 3.87. The van der Waals surface area contributed by atoms with Crippen molar-refractivity contribution in [2.24, 2.45) is 0 Å². The van der Waals surface area contributed by atoms with Gasteiger partial charge in [0.1, 0.15) is 5.75 Å². The minimum atomic E-state index is -0.236. The lowest BCUT2D eigenvalue weighted by atomic mass is 10.2. The molecule has 1 aromatic carbocycles. The first-order chi connectivity index (χ1) is 11.3. The highest BCUT2D eigenvalue weighted by atomic mass is 16.5. The van der Waals surface area contributed by atoms with Gasteiger partial charge in [-0.1, -0.05) is 0 Å². The van der Waals surface area contributed by atoms with E-state index < -0.39 is 0 Å². The Morgan fingerprint density at radius 1 is 1.22 bits per heavy atom. The lowest BCUT2D eigenvalue weighted by molar-refractivity contribution is 0.102. The van der Waals surface area contributed by atoms with Gasteiger partial charge in [-0.2, -0.15) is 0 Å². The zero-order valence-electron chi connectivity index (χ0n) is 12.9. The van der Waals surface area contributed by atoms with Gasteiger partial charge in [-0.25, -0.2) is 0 Å². The minimum absolute atomic E-state index is 0.147. The van der Waals surface area contributed by atoms with Gasteiger partial charge in [0.25, 0.3) is 5.91 Å². The molecular weight excluding hydrogens is 292 g/mol. The van der Waals surface area contributed by atoms with E-state index in [1.807, 2.05) is 12.1 Å². The standard InChI is InChI=1S/C18H20N2O3/c21-12-14-9-10-19-11-17(14)20-18(22)13-5-7-16(8-6-13)23-15-3-1-2-4-15/h5-11,15,21H,1-4,12H2,(H,20,22). The van der Waals surface area contributed by atoms with Crippen LogP contribution in [0.1, 0.15) is 41.6 Å². The normalized spacial score (nSPS) is 14.7. The molecule has 0 atom stereocenters. The van der Waals surface area contributed by atoms with E-state index in [1.165, 1.54) is 19.0 Å². The molecule has 1 aromatic heterocycles. The van der Waals surface area contributed by atoms with E-state index in [0.29, 0.717) is 22.9 Å². The Kier molecular flexibility index (Phi) is 4.88. The summed E-state index contributed by atoms with van der Waals surface area (Å²) in [6.45, 7) is -0.147. The van der Waals surface area contributed by atoms with Gasteiger partial charge in [-0.15, -0.1) is 0 Å². The Balaban J connectivity index is 1.65. The van der Waals surface area contributed by atoms with Crippen LogP contribution in [-0.2, 0) is 6.61 Å². The van der Waals surface area contributed by atoms with Gasteiger partial charge in [0, 0.05) is 17.3 Å². The topological polar surface area (TPSA) is 71.5 Å². The van der Waals surface area contributed by atoms with Gasteiger partial charge in [-0.3, -0.25) is 9.78 Å². The summed E-state index contributed by atoms with van der Waals surface area (Å²) in [5.74, 6) is 0.561. The van der Waals surface area contributed by atoms with Gasteiger partial charge in [0.15, 0.2) is 0 Å². The van der Waals surface area contributed by atoms with Crippen LogP contribution >= 0.6 is 0 Å². The molecule has 0 radical (unpaired) electrons. The Morgan fingerprint density at radius 3 is 2.65 bits per heavy atom. The molecule has 0 bridgehead atoms. The van der Waals surface area contributed by atoms with Crippen LogP contribution < -0.4 is 10.1 Å². The van der Waals surface area contributed by atoms with E-state index in [2.05, 4.69) is 10.3 Å². The van der Waals surface area contributed by atoms with Crippen molar-refractivity contribution in [2.45, 2.75) is 38.4 Å². The van der Waals surface area contributed by atoms with E-state index in [9.17, 15) is 9.90 Å². The second kappa shape index (κ2) is 7.24. The van der Waals surface area contributed by atoms with Crippen LogP contribution in [0.25, 0.3) is 0 Å². The van der Waals surface area contributed by atoms with Crippen molar-refractivity contribution in [1.82, 2.24) is 4.98 Å². The summed E-state index contributed by atoms with van der Waals surface area (Å²) < 4.78 is 5.89. The number of aliphatic hydroxyl groups excluding tert-OH is 1. The highest BCUT2D eigenvalue weighted by molar-refractivity contribution is 6.04. The molecule has 1 aliphatic rings. The highest BCUT2D eigenvalue weighted by Gasteiger charge is 2.16. The quantitative estimate of drug-likeness (QED) is 0.889. The second-order valence-corrected chi connectivity index (χ2v) is 5.69. The number of benzene rings is 1. The first-order valence-electron chi connectivity index (χ1n) is 7.88. The highest BCUT2D eigenvalue weighted by Crippen LogP contribution is 2.24. The fourth-order valence-electron chi connectivity index (χ4n) is 2.75. The van der Waals surface area contributed by atoms with Crippen LogP contribution in [0.2, 0.25) is 0 Å². The first-order valence-corrected chi connectivity index (χ1v) is 7.88. The summed E-state index contributed by atoms with van der Waals surface area (Å²) in [4.78, 5) is 16.2. The van der Waals surface area contributed by atoms with E-state index in [1.54, 1.807) is 24.4 Å². The smallest absolute Gasteiger partial charge is 0.255 e. The second-order valence-electron chi connectivity index (χ2n) is 5.69. The van der Waals surface area contributed by atoms with Crippen LogP contribution in [0.4, 0.5) is 5.69 Å². The molecule has 1 amide bonds. The number of nitrogens with zero attached hydrogens (tertiary/aromatic N) is 1. The summed E-state index contributed by atoms with van der Waals surface area (Å²) in [7, 11) is 0. The van der Waals surface area contributed by atoms with Crippen LogP contribution in [0.15, 0.2) is 42.7 Å². The predicted molar refractivity (Wildman–Crippen MR) is 87.4 cm³/mol. The largest absolute Gasteiger partial charge is 0.490 e. The van der Waals surface area contributed by atoms with E-state index in [0.717, 1.165) is 18.6 Å². The molecule has 2 aromatic rings. The maximum absolute atomic E-state index is 12.3. The molecule has 0 unspecified atom stereocenters. The van der Waals surface area contributed by atoms with Crippen molar-refractivity contribution >= 4 is 11.6 Å². The number of anilines is 1. The van der Waals surface area contributed by atoms with Crippen molar-refractivity contribution in [3.8, 4) is 5.75 Å². The van der Waals surface area contributed by atoms with Crippen molar-refractivity contribution in [2.75, 3.05) is 5.32 Å². The van der Waals surface area contributed by atoms with Crippen LogP contribution in [0.5, 0.6) is 5.75 Å². The molecule has 5 heteroatoms. The summed E-state index contributed by atoms with van der Waals surface area (Å²) in [6.07, 6.45) is 8.07. The van der Waals surface area contributed by atoms with Crippen molar-refractivity contribution in [1.29, 1.82) is 0 Å². The number of ether oxygens (including phenoxy) is 1. The SMILES string of the molecule is O=C(Nc1cnccc1CO)c1ccc(OC2CCCC2)cc1. The third-order valence-corrected chi connectivity index (χ3v) is 4.05. The molecule has 1 fully saturated rings. The Labute approximate surface area is 135 Å². The molecule has 2 N–H and O–H groups in total. The van der Waals surface area contributed by atoms with Gasteiger partial charge in [0.2, 0.25) is 0 Å². The Bertz CT molecular complexity index is 664. The summed E-state index contributed by atoms with van der Waals surface area (Å²) in [6, 6.07) is 8.81.